The third-order valence-electron chi connectivity index (χ3n) is 1.22. The second-order valence-electron chi connectivity index (χ2n) is 1.82. The molecule has 0 fully saturated rings. The van der Waals surface area contributed by atoms with E-state index in [1.807, 2.05) is 18.2 Å². The zero-order valence-corrected chi connectivity index (χ0v) is 4.70. The first-order valence-electron chi connectivity index (χ1n) is 2.71. The highest BCUT2D eigenvalue weighted by Crippen LogP contribution is 1.74. The van der Waals surface area contributed by atoms with Crippen LogP contribution >= 0.6 is 0 Å². The van der Waals surface area contributed by atoms with E-state index in [0.717, 1.165) is 10.6 Å². The first-order chi connectivity index (χ1) is 4.47. The summed E-state index contributed by atoms with van der Waals surface area (Å²) < 4.78 is 0. The van der Waals surface area contributed by atoms with Crippen molar-refractivity contribution in [1.29, 1.82) is 0 Å². The summed E-state index contributed by atoms with van der Waals surface area (Å²) in [5.74, 6) is 0. The minimum Gasteiger partial charge on any atom is -0.158 e. The number of rotatable bonds is 0. The summed E-state index contributed by atoms with van der Waals surface area (Å²) in [6, 6.07) is 8.67. The van der Waals surface area contributed by atoms with E-state index in [-0.39, 0.29) is 0 Å². The molecule has 2 heteroatoms. The van der Waals surface area contributed by atoms with Gasteiger partial charge in [0, 0.05) is 11.3 Å². The SMILES string of the molecule is [c]1cccc2c1=N[N]C=2. The molecule has 0 saturated heterocycles. The van der Waals surface area contributed by atoms with Gasteiger partial charge in [0.2, 0.25) is 0 Å². The van der Waals surface area contributed by atoms with Crippen LogP contribution in [0.15, 0.2) is 23.3 Å². The quantitative estimate of drug-likeness (QED) is 0.432. The third-order valence-corrected chi connectivity index (χ3v) is 1.22. The molecule has 0 unspecified atom stereocenters. The van der Waals surface area contributed by atoms with Gasteiger partial charge < -0.3 is 0 Å². The first kappa shape index (κ1) is 4.56. The molecule has 1 aliphatic heterocycles. The summed E-state index contributed by atoms with van der Waals surface area (Å²) >= 11 is 0. The Labute approximate surface area is 52.5 Å². The molecule has 0 saturated carbocycles. The van der Waals surface area contributed by atoms with Crippen molar-refractivity contribution in [3.63, 3.8) is 0 Å². The standard InChI is InChI=1S/C7H4N2/c1-2-4-7-6(3-1)5-8-9-7/h1-3,5H. The minimum atomic E-state index is 0.845. The van der Waals surface area contributed by atoms with Crippen LogP contribution in [-0.2, 0) is 0 Å². The van der Waals surface area contributed by atoms with Crippen molar-refractivity contribution in [3.05, 3.63) is 34.8 Å². The van der Waals surface area contributed by atoms with Crippen LogP contribution in [0.2, 0.25) is 0 Å². The van der Waals surface area contributed by atoms with Crippen LogP contribution < -0.4 is 16.0 Å². The summed E-state index contributed by atoms with van der Waals surface area (Å²) in [7, 11) is 0. The summed E-state index contributed by atoms with van der Waals surface area (Å²) in [5.41, 5.74) is 3.72. The molecular formula is C7H4N2. The van der Waals surface area contributed by atoms with Gasteiger partial charge >= 0.3 is 0 Å². The number of hydrogen-bond acceptors (Lipinski definition) is 1. The van der Waals surface area contributed by atoms with Gasteiger partial charge in [0.15, 0.2) is 0 Å². The van der Waals surface area contributed by atoms with Crippen molar-refractivity contribution in [1.82, 2.24) is 5.43 Å². The van der Waals surface area contributed by atoms with Gasteiger partial charge in [-0.2, -0.15) is 5.43 Å². The molecule has 0 bridgehead atoms. The van der Waals surface area contributed by atoms with Crippen LogP contribution in [0, 0.1) is 6.07 Å². The molecular weight excluding hydrogens is 112 g/mol. The number of benzene rings is 1. The van der Waals surface area contributed by atoms with E-state index in [9.17, 15) is 0 Å². The lowest BCUT2D eigenvalue weighted by Crippen LogP contribution is -2.20. The Balaban J connectivity index is 2.97. The number of fused-ring (bicyclic) bond motifs is 1. The average Bonchev–Trinajstić information content (AvgIpc) is 2.33. The highest BCUT2D eigenvalue weighted by molar-refractivity contribution is 5.22. The van der Waals surface area contributed by atoms with Crippen LogP contribution in [0.3, 0.4) is 0 Å². The maximum Gasteiger partial charge on any atom is 0.102 e. The van der Waals surface area contributed by atoms with Crippen molar-refractivity contribution < 1.29 is 0 Å². The predicted molar refractivity (Wildman–Crippen MR) is 32.7 cm³/mol. The van der Waals surface area contributed by atoms with Crippen LogP contribution in [-0.4, -0.2) is 0 Å². The van der Waals surface area contributed by atoms with Gasteiger partial charge in [0.05, 0.1) is 6.20 Å². The summed E-state index contributed by atoms with van der Waals surface area (Å²) in [5, 5.41) is 5.71. The van der Waals surface area contributed by atoms with E-state index < -0.39 is 0 Å². The van der Waals surface area contributed by atoms with Crippen LogP contribution in [0.5, 0.6) is 0 Å². The lowest BCUT2D eigenvalue weighted by atomic mass is 10.3. The van der Waals surface area contributed by atoms with Gasteiger partial charge in [-0.15, -0.1) is 5.10 Å². The molecule has 0 aromatic heterocycles. The minimum absolute atomic E-state index is 0.845. The van der Waals surface area contributed by atoms with E-state index in [1.165, 1.54) is 0 Å². The van der Waals surface area contributed by atoms with Gasteiger partial charge in [-0.3, -0.25) is 0 Å². The molecule has 0 atom stereocenters. The van der Waals surface area contributed by atoms with Crippen molar-refractivity contribution in [2.45, 2.75) is 0 Å². The number of nitrogens with zero attached hydrogens (tertiary/aromatic N) is 2. The van der Waals surface area contributed by atoms with Gasteiger partial charge in [-0.05, 0) is 0 Å². The Kier molecular flexibility index (Phi) is 0.803. The van der Waals surface area contributed by atoms with Crippen LogP contribution in [0.25, 0.3) is 6.20 Å². The third kappa shape index (κ3) is 0.598. The Morgan fingerprint density at radius 3 is 3.33 bits per heavy atom. The molecule has 2 rings (SSSR count). The molecule has 0 amide bonds. The normalized spacial score (nSPS) is 12.9. The van der Waals surface area contributed by atoms with Crippen LogP contribution in [0.4, 0.5) is 0 Å². The molecule has 1 aliphatic rings. The molecule has 9 heavy (non-hydrogen) atoms. The largest absolute Gasteiger partial charge is 0.158 e. The van der Waals surface area contributed by atoms with E-state index in [2.05, 4.69) is 16.6 Å². The van der Waals surface area contributed by atoms with Crippen molar-refractivity contribution >= 4 is 6.20 Å². The summed E-state index contributed by atoms with van der Waals surface area (Å²) in [6.07, 6.45) is 1.73. The molecule has 1 aromatic rings. The average molecular weight is 116 g/mol. The van der Waals surface area contributed by atoms with Gasteiger partial charge in [0.25, 0.3) is 0 Å². The molecule has 0 spiro atoms. The molecule has 2 radical (unpaired) electrons. The van der Waals surface area contributed by atoms with Gasteiger partial charge in [-0.25, -0.2) is 0 Å². The maximum absolute atomic E-state index is 3.81. The molecule has 0 N–H and O–H groups in total. The van der Waals surface area contributed by atoms with Crippen molar-refractivity contribution in [2.75, 3.05) is 0 Å². The molecule has 2 nitrogen and oxygen atoms in total. The molecule has 1 aromatic carbocycles. The van der Waals surface area contributed by atoms with Crippen molar-refractivity contribution in [2.24, 2.45) is 5.10 Å². The Morgan fingerprint density at radius 1 is 1.44 bits per heavy atom. The van der Waals surface area contributed by atoms with Gasteiger partial charge in [-0.1, -0.05) is 18.2 Å². The zero-order valence-electron chi connectivity index (χ0n) is 4.70. The lowest BCUT2D eigenvalue weighted by molar-refractivity contribution is 0.979. The lowest BCUT2D eigenvalue weighted by Gasteiger charge is -1.74. The molecule has 0 aliphatic carbocycles. The Morgan fingerprint density at radius 2 is 2.44 bits per heavy atom. The Bertz CT molecular complexity index is 294. The van der Waals surface area contributed by atoms with E-state index in [1.54, 1.807) is 6.20 Å². The molecule has 1 heterocycles. The second kappa shape index (κ2) is 1.58. The highest BCUT2D eigenvalue weighted by Gasteiger charge is 1.90. The smallest absolute Gasteiger partial charge is 0.102 e. The first-order valence-corrected chi connectivity index (χ1v) is 2.71. The fourth-order valence-corrected chi connectivity index (χ4v) is 0.781. The van der Waals surface area contributed by atoms with Crippen LogP contribution in [0.1, 0.15) is 0 Å². The monoisotopic (exact) mass is 116 g/mol. The Hall–Kier alpha value is -1.31. The number of hydrogen-bond donors (Lipinski definition) is 0. The van der Waals surface area contributed by atoms with Gasteiger partial charge in [0.1, 0.15) is 5.36 Å². The zero-order chi connectivity index (χ0) is 6.10. The fourth-order valence-electron chi connectivity index (χ4n) is 0.781. The van der Waals surface area contributed by atoms with E-state index >= 15 is 0 Å². The predicted octanol–water partition coefficient (Wildman–Crippen LogP) is -0.623. The second-order valence-corrected chi connectivity index (χ2v) is 1.82. The fraction of sp³-hybridized carbons (Fsp3) is 0. The maximum atomic E-state index is 3.81. The summed E-state index contributed by atoms with van der Waals surface area (Å²) in [6.45, 7) is 0. The van der Waals surface area contributed by atoms with E-state index in [4.69, 9.17) is 0 Å². The topological polar surface area (TPSA) is 26.5 Å². The summed E-state index contributed by atoms with van der Waals surface area (Å²) in [4.78, 5) is 0. The highest BCUT2D eigenvalue weighted by atomic mass is 15.3. The molecule has 42 valence electrons. The van der Waals surface area contributed by atoms with Crippen molar-refractivity contribution in [3.8, 4) is 0 Å². The van der Waals surface area contributed by atoms with E-state index in [0.29, 0.717) is 0 Å².